The highest BCUT2D eigenvalue weighted by atomic mass is 16.5. The average molecular weight is 298 g/mol. The first-order valence-electron chi connectivity index (χ1n) is 7.29. The van der Waals surface area contributed by atoms with Crippen LogP contribution in [0.3, 0.4) is 0 Å². The quantitative estimate of drug-likeness (QED) is 0.884. The Morgan fingerprint density at radius 3 is 2.45 bits per heavy atom. The minimum atomic E-state index is -0.356. The van der Waals surface area contributed by atoms with Gasteiger partial charge in [-0.05, 0) is 50.1 Å². The molecule has 116 valence electrons. The Balaban J connectivity index is 2.08. The Morgan fingerprint density at radius 2 is 1.73 bits per heavy atom. The van der Waals surface area contributed by atoms with Gasteiger partial charge in [0.05, 0.1) is 12.8 Å². The van der Waals surface area contributed by atoms with Crippen LogP contribution in [0.4, 0.5) is 11.4 Å². The lowest BCUT2D eigenvalue weighted by Crippen LogP contribution is -2.32. The van der Waals surface area contributed by atoms with Gasteiger partial charge in [-0.15, -0.1) is 0 Å². The molecule has 4 nitrogen and oxygen atoms in total. The number of anilines is 2. The van der Waals surface area contributed by atoms with Crippen LogP contribution >= 0.6 is 0 Å². The molecule has 0 aromatic heterocycles. The summed E-state index contributed by atoms with van der Waals surface area (Å²) in [6.45, 7) is 5.94. The standard InChI is InChI=1S/C18H22N2O2/c1-12-8-7-10-15(13(12)2)19-14(3)18(21)20-16-9-5-6-11-17(16)22-4/h5-11,14,19H,1-4H3,(H,20,21). The smallest absolute Gasteiger partial charge is 0.246 e. The molecule has 0 fully saturated rings. The van der Waals surface area contributed by atoms with E-state index in [1.165, 1.54) is 5.56 Å². The maximum absolute atomic E-state index is 12.4. The first kappa shape index (κ1) is 15.9. The molecule has 4 heteroatoms. The van der Waals surface area contributed by atoms with Crippen LogP contribution in [0.1, 0.15) is 18.1 Å². The molecule has 0 aliphatic heterocycles. The number of hydrogen-bond acceptors (Lipinski definition) is 3. The molecule has 0 heterocycles. The summed E-state index contributed by atoms with van der Waals surface area (Å²) in [5, 5.41) is 6.14. The van der Waals surface area contributed by atoms with E-state index in [4.69, 9.17) is 4.74 Å². The van der Waals surface area contributed by atoms with Gasteiger partial charge in [0.15, 0.2) is 0 Å². The van der Waals surface area contributed by atoms with Gasteiger partial charge in [0, 0.05) is 5.69 Å². The SMILES string of the molecule is COc1ccccc1NC(=O)C(C)Nc1cccc(C)c1C. The number of nitrogens with one attached hydrogen (secondary N) is 2. The molecule has 0 saturated carbocycles. The highest BCUT2D eigenvalue weighted by Gasteiger charge is 2.15. The molecule has 2 rings (SSSR count). The molecule has 0 aliphatic rings. The van der Waals surface area contributed by atoms with Crippen LogP contribution < -0.4 is 15.4 Å². The highest BCUT2D eigenvalue weighted by molar-refractivity contribution is 5.97. The molecule has 2 aromatic carbocycles. The van der Waals surface area contributed by atoms with E-state index >= 15 is 0 Å². The number of ether oxygens (including phenoxy) is 1. The third-order valence-corrected chi connectivity index (χ3v) is 3.73. The summed E-state index contributed by atoms with van der Waals surface area (Å²) >= 11 is 0. The Morgan fingerprint density at radius 1 is 1.05 bits per heavy atom. The van der Waals surface area contributed by atoms with Crippen molar-refractivity contribution in [3.05, 3.63) is 53.6 Å². The molecule has 0 aliphatic carbocycles. The van der Waals surface area contributed by atoms with Gasteiger partial charge in [0.1, 0.15) is 11.8 Å². The molecule has 1 atom stereocenters. The number of carbonyl (C=O) groups excluding carboxylic acids is 1. The highest BCUT2D eigenvalue weighted by Crippen LogP contribution is 2.24. The van der Waals surface area contributed by atoms with E-state index in [2.05, 4.69) is 23.6 Å². The summed E-state index contributed by atoms with van der Waals surface area (Å²) < 4.78 is 5.24. The Labute approximate surface area is 131 Å². The van der Waals surface area contributed by atoms with Crippen molar-refractivity contribution in [3.63, 3.8) is 0 Å². The maximum Gasteiger partial charge on any atom is 0.246 e. The number of carbonyl (C=O) groups is 1. The molecule has 22 heavy (non-hydrogen) atoms. The van der Waals surface area contributed by atoms with Crippen molar-refractivity contribution in [1.82, 2.24) is 0 Å². The molecule has 1 unspecified atom stereocenters. The van der Waals surface area contributed by atoms with E-state index in [9.17, 15) is 4.79 Å². The normalized spacial score (nSPS) is 11.6. The Hall–Kier alpha value is -2.49. The summed E-state index contributed by atoms with van der Waals surface area (Å²) in [4.78, 5) is 12.4. The van der Waals surface area contributed by atoms with Gasteiger partial charge < -0.3 is 15.4 Å². The van der Waals surface area contributed by atoms with Crippen LogP contribution in [0.15, 0.2) is 42.5 Å². The molecule has 0 spiro atoms. The average Bonchev–Trinajstić information content (AvgIpc) is 2.52. The summed E-state index contributed by atoms with van der Waals surface area (Å²) in [7, 11) is 1.59. The lowest BCUT2D eigenvalue weighted by molar-refractivity contribution is -0.116. The van der Waals surface area contributed by atoms with Crippen molar-refractivity contribution in [2.75, 3.05) is 17.7 Å². The number of methoxy groups -OCH3 is 1. The molecule has 0 saturated heterocycles. The van der Waals surface area contributed by atoms with Crippen LogP contribution in [0.5, 0.6) is 5.75 Å². The number of amides is 1. The number of benzene rings is 2. The molecule has 1 amide bonds. The van der Waals surface area contributed by atoms with Crippen molar-refractivity contribution >= 4 is 17.3 Å². The Bertz CT molecular complexity index is 668. The first-order valence-corrected chi connectivity index (χ1v) is 7.29. The fourth-order valence-corrected chi connectivity index (χ4v) is 2.20. The van der Waals surface area contributed by atoms with Gasteiger partial charge in [-0.1, -0.05) is 24.3 Å². The third kappa shape index (κ3) is 3.58. The van der Waals surface area contributed by atoms with E-state index in [1.54, 1.807) is 7.11 Å². The van der Waals surface area contributed by atoms with Crippen LogP contribution in [-0.4, -0.2) is 19.1 Å². The second-order valence-electron chi connectivity index (χ2n) is 5.30. The number of rotatable bonds is 5. The van der Waals surface area contributed by atoms with Crippen molar-refractivity contribution in [3.8, 4) is 5.75 Å². The van der Waals surface area contributed by atoms with E-state index in [0.717, 1.165) is 11.3 Å². The Kier molecular flexibility index (Phi) is 5.04. The van der Waals surface area contributed by atoms with E-state index in [-0.39, 0.29) is 11.9 Å². The van der Waals surface area contributed by atoms with E-state index < -0.39 is 0 Å². The predicted octanol–water partition coefficient (Wildman–Crippen LogP) is 3.75. The zero-order valence-corrected chi connectivity index (χ0v) is 13.4. The van der Waals surface area contributed by atoms with Crippen LogP contribution in [-0.2, 0) is 4.79 Å². The van der Waals surface area contributed by atoms with Crippen molar-refractivity contribution in [2.45, 2.75) is 26.8 Å². The number of para-hydroxylation sites is 2. The van der Waals surface area contributed by atoms with Gasteiger partial charge >= 0.3 is 0 Å². The van der Waals surface area contributed by atoms with Gasteiger partial charge in [-0.3, -0.25) is 4.79 Å². The van der Waals surface area contributed by atoms with Crippen LogP contribution in [0, 0.1) is 13.8 Å². The fourth-order valence-electron chi connectivity index (χ4n) is 2.20. The fraction of sp³-hybridized carbons (Fsp3) is 0.278. The first-order chi connectivity index (χ1) is 10.5. The van der Waals surface area contributed by atoms with Crippen LogP contribution in [0.25, 0.3) is 0 Å². The van der Waals surface area contributed by atoms with Crippen LogP contribution in [0.2, 0.25) is 0 Å². The topological polar surface area (TPSA) is 50.4 Å². The second-order valence-corrected chi connectivity index (χ2v) is 5.30. The largest absolute Gasteiger partial charge is 0.495 e. The molecular weight excluding hydrogens is 276 g/mol. The molecule has 0 bridgehead atoms. The predicted molar refractivity (Wildman–Crippen MR) is 90.6 cm³/mol. The minimum absolute atomic E-state index is 0.106. The molecule has 2 aromatic rings. The second kappa shape index (κ2) is 6.98. The summed E-state index contributed by atoms with van der Waals surface area (Å²) in [5.74, 6) is 0.542. The van der Waals surface area contributed by atoms with E-state index in [1.807, 2.05) is 50.2 Å². The van der Waals surface area contributed by atoms with Crippen molar-refractivity contribution in [1.29, 1.82) is 0 Å². The molecule has 2 N–H and O–H groups in total. The summed E-state index contributed by atoms with van der Waals surface area (Å²) in [6, 6.07) is 13.0. The number of hydrogen-bond donors (Lipinski definition) is 2. The van der Waals surface area contributed by atoms with E-state index in [0.29, 0.717) is 11.4 Å². The summed E-state index contributed by atoms with van der Waals surface area (Å²) in [5.41, 5.74) is 3.99. The van der Waals surface area contributed by atoms with Crippen molar-refractivity contribution < 1.29 is 9.53 Å². The van der Waals surface area contributed by atoms with Crippen molar-refractivity contribution in [2.24, 2.45) is 0 Å². The number of aryl methyl sites for hydroxylation is 1. The van der Waals surface area contributed by atoms with Gasteiger partial charge in [0.2, 0.25) is 5.91 Å². The van der Waals surface area contributed by atoms with Gasteiger partial charge in [-0.25, -0.2) is 0 Å². The van der Waals surface area contributed by atoms with Gasteiger partial charge in [-0.2, -0.15) is 0 Å². The lowest BCUT2D eigenvalue weighted by Gasteiger charge is -2.18. The lowest BCUT2D eigenvalue weighted by atomic mass is 10.1. The molecule has 0 radical (unpaired) electrons. The van der Waals surface area contributed by atoms with Gasteiger partial charge in [0.25, 0.3) is 0 Å². The monoisotopic (exact) mass is 298 g/mol. The zero-order valence-electron chi connectivity index (χ0n) is 13.4. The minimum Gasteiger partial charge on any atom is -0.495 e. The maximum atomic E-state index is 12.4. The molecular formula is C18H22N2O2. The zero-order chi connectivity index (χ0) is 16.1. The third-order valence-electron chi connectivity index (χ3n) is 3.73. The summed E-state index contributed by atoms with van der Waals surface area (Å²) in [6.07, 6.45) is 0.